The Morgan fingerprint density at radius 3 is 2.52 bits per heavy atom. The first-order valence-electron chi connectivity index (χ1n) is 7.08. The van der Waals surface area contributed by atoms with Gasteiger partial charge in [-0.3, -0.25) is 9.59 Å². The Hall–Kier alpha value is -2.35. The number of para-hydroxylation sites is 1. The van der Waals surface area contributed by atoms with Crippen molar-refractivity contribution in [2.45, 2.75) is 33.1 Å². The topological polar surface area (TPSA) is 82.0 Å². The summed E-state index contributed by atoms with van der Waals surface area (Å²) in [5.74, 6) is 0.197. The molecule has 1 aromatic rings. The zero-order valence-corrected chi connectivity index (χ0v) is 12.5. The van der Waals surface area contributed by atoms with Crippen molar-refractivity contribution in [2.75, 3.05) is 11.9 Å². The molecule has 0 atom stereocenters. The van der Waals surface area contributed by atoms with E-state index < -0.39 is 0 Å². The van der Waals surface area contributed by atoms with Crippen LogP contribution in [0.3, 0.4) is 0 Å². The molecule has 0 saturated carbocycles. The van der Waals surface area contributed by atoms with Crippen LogP contribution in [-0.2, 0) is 9.59 Å². The van der Waals surface area contributed by atoms with Gasteiger partial charge in [-0.25, -0.2) is 0 Å². The Kier molecular flexibility index (Phi) is 6.96. The van der Waals surface area contributed by atoms with Crippen LogP contribution in [-0.4, -0.2) is 18.4 Å². The Bertz CT molecular complexity index is 533. The number of rotatable bonds is 7. The van der Waals surface area contributed by atoms with E-state index in [1.54, 1.807) is 24.3 Å². The number of nitriles is 1. The summed E-state index contributed by atoms with van der Waals surface area (Å²) < 4.78 is 0. The molecule has 0 aliphatic heterocycles. The van der Waals surface area contributed by atoms with Gasteiger partial charge in [-0.2, -0.15) is 5.26 Å². The maximum absolute atomic E-state index is 11.8. The fraction of sp³-hybridized carbons (Fsp3) is 0.438. The van der Waals surface area contributed by atoms with Gasteiger partial charge in [0.2, 0.25) is 11.8 Å². The number of amides is 2. The fourth-order valence-corrected chi connectivity index (χ4v) is 1.72. The molecule has 0 heterocycles. The highest BCUT2D eigenvalue weighted by Gasteiger charge is 2.08. The van der Waals surface area contributed by atoms with Gasteiger partial charge in [-0.05, 0) is 24.5 Å². The molecule has 0 radical (unpaired) electrons. The molecule has 2 N–H and O–H groups in total. The monoisotopic (exact) mass is 287 g/mol. The third-order valence-corrected chi connectivity index (χ3v) is 2.84. The van der Waals surface area contributed by atoms with Gasteiger partial charge in [0, 0.05) is 19.4 Å². The number of benzene rings is 1. The van der Waals surface area contributed by atoms with Crippen LogP contribution in [0.1, 0.15) is 38.7 Å². The van der Waals surface area contributed by atoms with Crippen molar-refractivity contribution < 1.29 is 9.59 Å². The van der Waals surface area contributed by atoms with Gasteiger partial charge in [-0.15, -0.1) is 0 Å². The molecule has 1 rings (SSSR count). The molecule has 0 aromatic heterocycles. The van der Waals surface area contributed by atoms with Crippen LogP contribution in [0.4, 0.5) is 5.69 Å². The van der Waals surface area contributed by atoms with Crippen molar-refractivity contribution in [1.29, 1.82) is 5.26 Å². The number of nitrogens with one attached hydrogen (secondary N) is 2. The minimum Gasteiger partial charge on any atom is -0.356 e. The molecule has 0 fully saturated rings. The van der Waals surface area contributed by atoms with Crippen LogP contribution in [0.25, 0.3) is 0 Å². The number of carbonyl (C=O) groups excluding carboxylic acids is 2. The molecular weight excluding hydrogens is 266 g/mol. The first-order chi connectivity index (χ1) is 10.0. The number of anilines is 1. The Morgan fingerprint density at radius 1 is 1.19 bits per heavy atom. The van der Waals surface area contributed by atoms with E-state index in [-0.39, 0.29) is 18.2 Å². The van der Waals surface area contributed by atoms with E-state index in [2.05, 4.69) is 10.6 Å². The molecule has 0 spiro atoms. The normalized spacial score (nSPS) is 10.0. The second-order valence-corrected chi connectivity index (χ2v) is 5.26. The lowest BCUT2D eigenvalue weighted by Gasteiger charge is -2.08. The predicted molar refractivity (Wildman–Crippen MR) is 81.5 cm³/mol. The Morgan fingerprint density at radius 2 is 1.86 bits per heavy atom. The second kappa shape index (κ2) is 8.75. The van der Waals surface area contributed by atoms with Crippen molar-refractivity contribution in [1.82, 2.24) is 5.32 Å². The maximum Gasteiger partial charge on any atom is 0.224 e. The molecule has 0 aliphatic rings. The van der Waals surface area contributed by atoms with Crippen LogP contribution < -0.4 is 10.6 Å². The number of nitrogens with zero attached hydrogens (tertiary/aromatic N) is 1. The van der Waals surface area contributed by atoms with Gasteiger partial charge in [0.15, 0.2) is 0 Å². The van der Waals surface area contributed by atoms with E-state index in [4.69, 9.17) is 5.26 Å². The molecular formula is C16H21N3O2. The second-order valence-electron chi connectivity index (χ2n) is 5.26. The summed E-state index contributed by atoms with van der Waals surface area (Å²) in [4.78, 5) is 23.3. The number of carbonyl (C=O) groups is 2. The van der Waals surface area contributed by atoms with Crippen LogP contribution in [0.5, 0.6) is 0 Å². The highest BCUT2D eigenvalue weighted by Crippen LogP contribution is 2.14. The van der Waals surface area contributed by atoms with Crippen molar-refractivity contribution >= 4 is 17.5 Å². The smallest absolute Gasteiger partial charge is 0.224 e. The third-order valence-electron chi connectivity index (χ3n) is 2.84. The molecule has 0 unspecified atom stereocenters. The summed E-state index contributed by atoms with van der Waals surface area (Å²) in [6, 6.07) is 8.86. The van der Waals surface area contributed by atoms with Gasteiger partial charge in [-0.1, -0.05) is 26.0 Å². The number of hydrogen-bond acceptors (Lipinski definition) is 3. The zero-order chi connectivity index (χ0) is 15.7. The summed E-state index contributed by atoms with van der Waals surface area (Å²) in [5.41, 5.74) is 0.940. The molecule has 1 aromatic carbocycles. The van der Waals surface area contributed by atoms with Crippen LogP contribution in [0.2, 0.25) is 0 Å². The highest BCUT2D eigenvalue weighted by atomic mass is 16.2. The minimum absolute atomic E-state index is 0.0334. The van der Waals surface area contributed by atoms with E-state index in [9.17, 15) is 9.59 Å². The molecule has 0 saturated heterocycles. The largest absolute Gasteiger partial charge is 0.356 e. The van der Waals surface area contributed by atoms with Gasteiger partial charge in [0.05, 0.1) is 11.3 Å². The standard InChI is InChI=1S/C16H21N3O2/c1-12(2)11-18-15(20)8-5-9-16(21)19-14-7-4-3-6-13(14)10-17/h3-4,6-7,12H,5,8-9,11H2,1-2H3,(H,18,20)(H,19,21). The van der Waals surface area contributed by atoms with Crippen molar-refractivity contribution in [3.8, 4) is 6.07 Å². The summed E-state index contributed by atoms with van der Waals surface area (Å²) in [6.45, 7) is 4.71. The minimum atomic E-state index is -0.186. The Balaban J connectivity index is 2.32. The molecule has 0 bridgehead atoms. The van der Waals surface area contributed by atoms with Gasteiger partial charge < -0.3 is 10.6 Å². The first-order valence-corrected chi connectivity index (χ1v) is 7.08. The van der Waals surface area contributed by atoms with Crippen LogP contribution >= 0.6 is 0 Å². The predicted octanol–water partition coefficient (Wildman–Crippen LogP) is 2.44. The summed E-state index contributed by atoms with van der Waals surface area (Å²) in [7, 11) is 0. The van der Waals surface area contributed by atoms with E-state index in [1.807, 2.05) is 19.9 Å². The molecule has 5 heteroatoms. The SMILES string of the molecule is CC(C)CNC(=O)CCCC(=O)Nc1ccccc1C#N. The molecule has 0 aliphatic carbocycles. The van der Waals surface area contributed by atoms with Crippen molar-refractivity contribution in [2.24, 2.45) is 5.92 Å². The lowest BCUT2D eigenvalue weighted by molar-refractivity contribution is -0.121. The molecule has 21 heavy (non-hydrogen) atoms. The lowest BCUT2D eigenvalue weighted by Crippen LogP contribution is -2.27. The Labute approximate surface area is 125 Å². The number of hydrogen-bond donors (Lipinski definition) is 2. The quantitative estimate of drug-likeness (QED) is 0.808. The van der Waals surface area contributed by atoms with Crippen molar-refractivity contribution in [3.63, 3.8) is 0 Å². The summed E-state index contributed by atoms with van der Waals surface area (Å²) in [6.07, 6.45) is 1.08. The average molecular weight is 287 g/mol. The molecule has 5 nitrogen and oxygen atoms in total. The summed E-state index contributed by atoms with van der Waals surface area (Å²) in [5, 5.41) is 14.4. The van der Waals surface area contributed by atoms with Crippen LogP contribution in [0, 0.1) is 17.2 Å². The molecule has 2 amide bonds. The summed E-state index contributed by atoms with van der Waals surface area (Å²) >= 11 is 0. The van der Waals surface area contributed by atoms with E-state index in [0.29, 0.717) is 36.6 Å². The van der Waals surface area contributed by atoms with Gasteiger partial charge in [0.1, 0.15) is 6.07 Å². The maximum atomic E-state index is 11.8. The zero-order valence-electron chi connectivity index (χ0n) is 12.5. The van der Waals surface area contributed by atoms with E-state index >= 15 is 0 Å². The van der Waals surface area contributed by atoms with Gasteiger partial charge >= 0.3 is 0 Å². The molecule has 112 valence electrons. The fourth-order valence-electron chi connectivity index (χ4n) is 1.72. The van der Waals surface area contributed by atoms with E-state index in [0.717, 1.165) is 0 Å². The lowest BCUT2D eigenvalue weighted by atomic mass is 10.1. The highest BCUT2D eigenvalue weighted by molar-refractivity contribution is 5.92. The average Bonchev–Trinajstić information content (AvgIpc) is 2.45. The van der Waals surface area contributed by atoms with Crippen LogP contribution in [0.15, 0.2) is 24.3 Å². The third kappa shape index (κ3) is 6.57. The van der Waals surface area contributed by atoms with Gasteiger partial charge in [0.25, 0.3) is 0 Å². The van der Waals surface area contributed by atoms with E-state index in [1.165, 1.54) is 0 Å². The van der Waals surface area contributed by atoms with Crippen molar-refractivity contribution in [3.05, 3.63) is 29.8 Å². The first kappa shape index (κ1) is 16.7.